The van der Waals surface area contributed by atoms with Crippen LogP contribution < -0.4 is 5.32 Å². The molecule has 1 unspecified atom stereocenters. The first-order valence-corrected chi connectivity index (χ1v) is 10.5. The zero-order valence-corrected chi connectivity index (χ0v) is 18.4. The van der Waals surface area contributed by atoms with Gasteiger partial charge in [-0.3, -0.25) is 9.59 Å². The lowest BCUT2D eigenvalue weighted by Gasteiger charge is -2.21. The molecule has 0 radical (unpaired) electrons. The van der Waals surface area contributed by atoms with Crippen LogP contribution in [0.2, 0.25) is 0 Å². The summed E-state index contributed by atoms with van der Waals surface area (Å²) in [4.78, 5) is 32.2. The molecule has 3 aromatic rings. The van der Waals surface area contributed by atoms with Gasteiger partial charge in [-0.2, -0.15) is 0 Å². The molecule has 0 aliphatic rings. The van der Waals surface area contributed by atoms with Crippen molar-refractivity contribution in [2.24, 2.45) is 0 Å². The summed E-state index contributed by atoms with van der Waals surface area (Å²) in [6, 6.07) is 13.2. The van der Waals surface area contributed by atoms with Crippen molar-refractivity contribution in [1.29, 1.82) is 0 Å². The van der Waals surface area contributed by atoms with E-state index in [1.165, 1.54) is 0 Å². The summed E-state index contributed by atoms with van der Waals surface area (Å²) >= 11 is 0. The number of hydrogen-bond donors (Lipinski definition) is 1. The highest BCUT2D eigenvalue weighted by molar-refractivity contribution is 5.96. The average molecular weight is 407 g/mol. The molecule has 3 rings (SSSR count). The van der Waals surface area contributed by atoms with Crippen LogP contribution in [0.5, 0.6) is 0 Å². The predicted octanol–water partition coefficient (Wildman–Crippen LogP) is 4.01. The molecule has 1 N–H and O–H groups in total. The Morgan fingerprint density at radius 2 is 1.80 bits per heavy atom. The smallest absolute Gasteiger partial charge is 0.252 e. The van der Waals surface area contributed by atoms with Crippen LogP contribution in [-0.4, -0.2) is 39.4 Å². The number of amides is 2. The van der Waals surface area contributed by atoms with Gasteiger partial charge in [0.25, 0.3) is 5.91 Å². The van der Waals surface area contributed by atoms with E-state index in [4.69, 9.17) is 4.98 Å². The lowest BCUT2D eigenvalue weighted by atomic mass is 10.0. The molecule has 0 aliphatic carbocycles. The zero-order chi connectivity index (χ0) is 21.8. The van der Waals surface area contributed by atoms with Crippen molar-refractivity contribution >= 4 is 22.8 Å². The molecular weight excluding hydrogens is 376 g/mol. The van der Waals surface area contributed by atoms with Gasteiger partial charge in [0.1, 0.15) is 12.4 Å². The van der Waals surface area contributed by atoms with Crippen molar-refractivity contribution in [3.63, 3.8) is 0 Å². The molecule has 1 atom stereocenters. The van der Waals surface area contributed by atoms with Gasteiger partial charge in [-0.05, 0) is 58.4 Å². The van der Waals surface area contributed by atoms with Crippen LogP contribution in [0, 0.1) is 13.8 Å². The van der Waals surface area contributed by atoms with E-state index in [2.05, 4.69) is 5.32 Å². The number of hydrogen-bond acceptors (Lipinski definition) is 3. The zero-order valence-electron chi connectivity index (χ0n) is 18.4. The Kier molecular flexibility index (Phi) is 6.55. The third-order valence-electron chi connectivity index (χ3n) is 5.46. The second-order valence-electron chi connectivity index (χ2n) is 7.62. The minimum atomic E-state index is -0.352. The van der Waals surface area contributed by atoms with Crippen LogP contribution in [0.25, 0.3) is 11.0 Å². The van der Waals surface area contributed by atoms with E-state index in [1.807, 2.05) is 81.7 Å². The van der Waals surface area contributed by atoms with Crippen LogP contribution >= 0.6 is 0 Å². The Labute approximate surface area is 177 Å². The number of carbonyl (C=O) groups excluding carboxylic acids is 2. The summed E-state index contributed by atoms with van der Waals surface area (Å²) in [5.41, 5.74) is 4.40. The van der Waals surface area contributed by atoms with Gasteiger partial charge < -0.3 is 14.8 Å². The van der Waals surface area contributed by atoms with Gasteiger partial charge in [-0.1, -0.05) is 29.8 Å². The topological polar surface area (TPSA) is 67.2 Å². The van der Waals surface area contributed by atoms with Crippen molar-refractivity contribution in [3.8, 4) is 0 Å². The number of likely N-dealkylation sites (N-methyl/N-ethyl adjacent to an activating group) is 1. The van der Waals surface area contributed by atoms with Crippen LogP contribution in [0.15, 0.2) is 42.5 Å². The van der Waals surface area contributed by atoms with E-state index < -0.39 is 0 Å². The molecule has 2 amide bonds. The molecule has 1 aromatic heterocycles. The first-order chi connectivity index (χ1) is 14.3. The Morgan fingerprint density at radius 3 is 2.47 bits per heavy atom. The summed E-state index contributed by atoms with van der Waals surface area (Å²) in [6.45, 7) is 11.3. The average Bonchev–Trinajstić information content (AvgIpc) is 3.07. The molecule has 6 nitrogen and oxygen atoms in total. The van der Waals surface area contributed by atoms with Gasteiger partial charge in [-0.15, -0.1) is 0 Å². The van der Waals surface area contributed by atoms with Gasteiger partial charge in [0.15, 0.2) is 0 Å². The summed E-state index contributed by atoms with van der Waals surface area (Å²) in [5, 5.41) is 3.06. The molecular formula is C24H30N4O2. The molecule has 158 valence electrons. The SMILES string of the molecule is CCN(CC)C(=O)Cn1c(C(C)NC(=O)c2ccc(C)cc2C)nc2ccccc21. The molecule has 0 saturated carbocycles. The second kappa shape index (κ2) is 9.11. The summed E-state index contributed by atoms with van der Waals surface area (Å²) in [5.74, 6) is 0.570. The Bertz CT molecular complexity index is 1070. The first-order valence-electron chi connectivity index (χ1n) is 10.5. The predicted molar refractivity (Wildman–Crippen MR) is 119 cm³/mol. The van der Waals surface area contributed by atoms with Crippen molar-refractivity contribution in [1.82, 2.24) is 19.8 Å². The van der Waals surface area contributed by atoms with Crippen molar-refractivity contribution < 1.29 is 9.59 Å². The highest BCUT2D eigenvalue weighted by Gasteiger charge is 2.22. The molecule has 6 heteroatoms. The number of rotatable bonds is 7. The fourth-order valence-electron chi connectivity index (χ4n) is 3.81. The number of nitrogens with one attached hydrogen (secondary N) is 1. The minimum absolute atomic E-state index is 0.0392. The monoisotopic (exact) mass is 406 g/mol. The number of aryl methyl sites for hydroxylation is 2. The van der Waals surface area contributed by atoms with E-state index in [1.54, 1.807) is 4.90 Å². The van der Waals surface area contributed by atoms with E-state index in [0.29, 0.717) is 24.5 Å². The van der Waals surface area contributed by atoms with E-state index in [9.17, 15) is 9.59 Å². The van der Waals surface area contributed by atoms with E-state index >= 15 is 0 Å². The van der Waals surface area contributed by atoms with Gasteiger partial charge in [0.2, 0.25) is 5.91 Å². The third kappa shape index (κ3) is 4.37. The van der Waals surface area contributed by atoms with E-state index in [-0.39, 0.29) is 24.4 Å². The quantitative estimate of drug-likeness (QED) is 0.645. The van der Waals surface area contributed by atoms with Gasteiger partial charge in [0, 0.05) is 18.7 Å². The van der Waals surface area contributed by atoms with Gasteiger partial charge in [0.05, 0.1) is 17.1 Å². The summed E-state index contributed by atoms with van der Waals surface area (Å²) < 4.78 is 1.92. The highest BCUT2D eigenvalue weighted by atomic mass is 16.2. The minimum Gasteiger partial charge on any atom is -0.342 e. The fourth-order valence-corrected chi connectivity index (χ4v) is 3.81. The van der Waals surface area contributed by atoms with Crippen LogP contribution in [0.1, 0.15) is 54.1 Å². The number of benzene rings is 2. The van der Waals surface area contributed by atoms with Crippen molar-refractivity contribution in [3.05, 3.63) is 65.0 Å². The van der Waals surface area contributed by atoms with Crippen LogP contribution in [0.3, 0.4) is 0 Å². The lowest BCUT2D eigenvalue weighted by Crippen LogP contribution is -2.35. The van der Waals surface area contributed by atoms with E-state index in [0.717, 1.165) is 22.2 Å². The number of para-hydroxylation sites is 2. The summed E-state index contributed by atoms with van der Waals surface area (Å²) in [6.07, 6.45) is 0. The second-order valence-corrected chi connectivity index (χ2v) is 7.62. The number of fused-ring (bicyclic) bond motifs is 1. The maximum Gasteiger partial charge on any atom is 0.252 e. The number of carbonyl (C=O) groups is 2. The lowest BCUT2D eigenvalue weighted by molar-refractivity contribution is -0.131. The normalized spacial score (nSPS) is 12.0. The van der Waals surface area contributed by atoms with Crippen molar-refractivity contribution in [2.75, 3.05) is 13.1 Å². The van der Waals surface area contributed by atoms with Crippen LogP contribution in [-0.2, 0) is 11.3 Å². The molecule has 0 saturated heterocycles. The fraction of sp³-hybridized carbons (Fsp3) is 0.375. The summed E-state index contributed by atoms with van der Waals surface area (Å²) in [7, 11) is 0. The number of nitrogens with zero attached hydrogens (tertiary/aromatic N) is 3. The molecule has 0 spiro atoms. The number of imidazole rings is 1. The third-order valence-corrected chi connectivity index (χ3v) is 5.46. The maximum absolute atomic E-state index is 12.9. The van der Waals surface area contributed by atoms with Gasteiger partial charge in [-0.25, -0.2) is 4.98 Å². The molecule has 0 bridgehead atoms. The van der Waals surface area contributed by atoms with Crippen molar-refractivity contribution in [2.45, 2.75) is 47.2 Å². The molecule has 1 heterocycles. The molecule has 0 fully saturated rings. The molecule has 2 aromatic carbocycles. The van der Waals surface area contributed by atoms with Gasteiger partial charge >= 0.3 is 0 Å². The molecule has 30 heavy (non-hydrogen) atoms. The standard InChI is InChI=1S/C24H30N4O2/c1-6-27(7-2)22(29)15-28-21-11-9-8-10-20(21)26-23(28)18(5)25-24(30)19-13-12-16(3)14-17(19)4/h8-14,18H,6-7,15H2,1-5H3,(H,25,30). The number of aromatic nitrogens is 2. The Morgan fingerprint density at radius 1 is 1.10 bits per heavy atom. The highest BCUT2D eigenvalue weighted by Crippen LogP contribution is 2.22. The maximum atomic E-state index is 12.9. The van der Waals surface area contributed by atoms with Crippen LogP contribution in [0.4, 0.5) is 0 Å². The Hall–Kier alpha value is -3.15. The Balaban J connectivity index is 1.92. The first kappa shape index (κ1) is 21.6. The molecule has 0 aliphatic heterocycles. The largest absolute Gasteiger partial charge is 0.342 e.